The van der Waals surface area contributed by atoms with Crippen molar-refractivity contribution in [2.75, 3.05) is 31.6 Å². The Bertz CT molecular complexity index is 1210. The second kappa shape index (κ2) is 10.9. The van der Waals surface area contributed by atoms with E-state index in [0.29, 0.717) is 56.3 Å². The van der Waals surface area contributed by atoms with Crippen LogP contribution in [0.5, 0.6) is 0 Å². The molecule has 2 N–H and O–H groups in total. The number of morpholine rings is 1. The zero-order valence-corrected chi connectivity index (χ0v) is 19.1. The Kier molecular flexibility index (Phi) is 7.51. The molecule has 0 saturated carbocycles. The van der Waals surface area contributed by atoms with Crippen molar-refractivity contribution in [1.29, 1.82) is 0 Å². The Morgan fingerprint density at radius 1 is 1.11 bits per heavy atom. The lowest BCUT2D eigenvalue weighted by Crippen LogP contribution is -2.41. The van der Waals surface area contributed by atoms with E-state index in [0.717, 1.165) is 17.7 Å². The van der Waals surface area contributed by atoms with Gasteiger partial charge in [0.25, 0.3) is 0 Å². The molecule has 1 saturated heterocycles. The molecule has 2 amide bonds. The number of rotatable bonds is 8. The molecule has 1 aliphatic heterocycles. The number of aromatic nitrogens is 2. The Balaban J connectivity index is 1.57. The number of nitrogens with one attached hydrogen (secondary N) is 2. The molecular formula is C25H25F2N5O3. The topological polar surface area (TPSA) is 88.5 Å². The molecule has 0 unspecified atom stereocenters. The van der Waals surface area contributed by atoms with Crippen LogP contribution in [0.4, 0.5) is 20.3 Å². The summed E-state index contributed by atoms with van der Waals surface area (Å²) in [5, 5.41) is 5.54. The van der Waals surface area contributed by atoms with Crippen LogP contribution in [0.3, 0.4) is 0 Å². The van der Waals surface area contributed by atoms with Crippen LogP contribution in [0.25, 0.3) is 17.6 Å². The largest absolute Gasteiger partial charge is 0.378 e. The molecule has 0 spiro atoms. The summed E-state index contributed by atoms with van der Waals surface area (Å²) in [4.78, 5) is 29.3. The third kappa shape index (κ3) is 5.55. The highest BCUT2D eigenvalue weighted by molar-refractivity contribution is 5.79. The van der Waals surface area contributed by atoms with Gasteiger partial charge in [0.05, 0.1) is 30.9 Å². The number of carbonyl (C=O) groups is 2. The SMILES string of the molecule is Cc1c(Nc2ccc(CC(=O)N3CCOCC3)cc2)nc(-c2c(F)cccc2F)n1/C=C\NC=O. The summed E-state index contributed by atoms with van der Waals surface area (Å²) in [6.07, 6.45) is 3.58. The molecule has 182 valence electrons. The lowest BCUT2D eigenvalue weighted by atomic mass is 10.1. The maximum absolute atomic E-state index is 14.5. The van der Waals surface area contributed by atoms with Gasteiger partial charge in [-0.2, -0.15) is 0 Å². The van der Waals surface area contributed by atoms with Crippen LogP contribution in [-0.4, -0.2) is 53.1 Å². The van der Waals surface area contributed by atoms with Gasteiger partial charge in [-0.15, -0.1) is 0 Å². The lowest BCUT2D eigenvalue weighted by molar-refractivity contribution is -0.134. The van der Waals surface area contributed by atoms with Gasteiger partial charge in [-0.05, 0) is 36.8 Å². The highest BCUT2D eigenvalue weighted by Gasteiger charge is 2.21. The van der Waals surface area contributed by atoms with Crippen molar-refractivity contribution >= 4 is 30.0 Å². The van der Waals surface area contributed by atoms with Crippen LogP contribution in [0.15, 0.2) is 48.7 Å². The molecule has 0 aliphatic carbocycles. The van der Waals surface area contributed by atoms with E-state index in [-0.39, 0.29) is 17.3 Å². The Morgan fingerprint density at radius 2 is 1.80 bits per heavy atom. The number of amides is 2. The molecule has 2 aromatic carbocycles. The number of carbonyl (C=O) groups excluding carboxylic acids is 2. The fraction of sp³-hybridized carbons (Fsp3) is 0.240. The fourth-order valence-electron chi connectivity index (χ4n) is 3.80. The average Bonchev–Trinajstić information content (AvgIpc) is 3.15. The lowest BCUT2D eigenvalue weighted by Gasteiger charge is -2.26. The van der Waals surface area contributed by atoms with Gasteiger partial charge in [0, 0.05) is 31.2 Å². The number of benzene rings is 2. The van der Waals surface area contributed by atoms with Gasteiger partial charge >= 0.3 is 0 Å². The number of anilines is 2. The maximum atomic E-state index is 14.5. The second-order valence-corrected chi connectivity index (χ2v) is 7.93. The summed E-state index contributed by atoms with van der Waals surface area (Å²) in [5.41, 5.74) is 1.84. The Labute approximate surface area is 201 Å². The third-order valence-electron chi connectivity index (χ3n) is 5.66. The molecule has 0 radical (unpaired) electrons. The molecule has 2 heterocycles. The first-order valence-corrected chi connectivity index (χ1v) is 11.1. The van der Waals surface area contributed by atoms with Crippen molar-refractivity contribution in [2.45, 2.75) is 13.3 Å². The van der Waals surface area contributed by atoms with Crippen LogP contribution < -0.4 is 10.6 Å². The van der Waals surface area contributed by atoms with E-state index in [1.807, 2.05) is 24.3 Å². The van der Waals surface area contributed by atoms with Crippen molar-refractivity contribution in [3.05, 3.63) is 71.6 Å². The fourth-order valence-corrected chi connectivity index (χ4v) is 3.80. The van der Waals surface area contributed by atoms with Crippen LogP contribution in [0.1, 0.15) is 11.3 Å². The van der Waals surface area contributed by atoms with Gasteiger partial charge in [-0.1, -0.05) is 18.2 Å². The summed E-state index contributed by atoms with van der Waals surface area (Å²) in [6.45, 7) is 4.04. The molecule has 8 nitrogen and oxygen atoms in total. The molecule has 10 heteroatoms. The summed E-state index contributed by atoms with van der Waals surface area (Å²) < 4.78 is 35.8. The van der Waals surface area contributed by atoms with E-state index in [1.54, 1.807) is 11.8 Å². The number of nitrogens with zero attached hydrogens (tertiary/aromatic N) is 3. The highest BCUT2D eigenvalue weighted by atomic mass is 19.1. The standard InChI is InChI=1S/C25H25F2N5O3/c1-17-24(29-19-7-5-18(6-8-19)15-22(34)31-11-13-35-14-12-31)30-25(32(17)10-9-28-16-33)23-20(26)3-2-4-21(23)27/h2-10,16,29H,11-15H2,1H3,(H,28,33)/b10-9-. The second-order valence-electron chi connectivity index (χ2n) is 7.93. The first-order chi connectivity index (χ1) is 17.0. The zero-order valence-electron chi connectivity index (χ0n) is 19.1. The van der Waals surface area contributed by atoms with E-state index >= 15 is 0 Å². The first-order valence-electron chi connectivity index (χ1n) is 11.1. The summed E-state index contributed by atoms with van der Waals surface area (Å²) in [5.74, 6) is -1.04. The molecular weight excluding hydrogens is 456 g/mol. The van der Waals surface area contributed by atoms with Crippen molar-refractivity contribution in [1.82, 2.24) is 19.8 Å². The Hall–Kier alpha value is -4.05. The minimum atomic E-state index is -0.756. The van der Waals surface area contributed by atoms with Gasteiger partial charge in [0.15, 0.2) is 11.6 Å². The highest BCUT2D eigenvalue weighted by Crippen LogP contribution is 2.31. The summed E-state index contributed by atoms with van der Waals surface area (Å²) >= 11 is 0. The van der Waals surface area contributed by atoms with Crippen LogP contribution >= 0.6 is 0 Å². The van der Waals surface area contributed by atoms with Crippen LogP contribution in [0.2, 0.25) is 0 Å². The van der Waals surface area contributed by atoms with E-state index in [1.165, 1.54) is 23.0 Å². The van der Waals surface area contributed by atoms with Crippen molar-refractivity contribution < 1.29 is 23.1 Å². The van der Waals surface area contributed by atoms with Crippen molar-refractivity contribution in [3.63, 3.8) is 0 Å². The van der Waals surface area contributed by atoms with E-state index in [4.69, 9.17) is 4.74 Å². The van der Waals surface area contributed by atoms with Crippen molar-refractivity contribution in [2.24, 2.45) is 0 Å². The molecule has 1 aromatic heterocycles. The quantitative estimate of drug-likeness (QED) is 0.481. The predicted molar refractivity (Wildman–Crippen MR) is 128 cm³/mol. The van der Waals surface area contributed by atoms with Gasteiger partial charge in [-0.25, -0.2) is 13.8 Å². The van der Waals surface area contributed by atoms with Gasteiger partial charge in [0.2, 0.25) is 12.3 Å². The zero-order chi connectivity index (χ0) is 24.8. The summed E-state index contributed by atoms with van der Waals surface area (Å²) in [7, 11) is 0. The van der Waals surface area contributed by atoms with Gasteiger partial charge in [-0.3, -0.25) is 14.2 Å². The normalized spacial score (nSPS) is 13.7. The molecule has 35 heavy (non-hydrogen) atoms. The van der Waals surface area contributed by atoms with E-state index < -0.39 is 11.6 Å². The minimum Gasteiger partial charge on any atom is -0.378 e. The number of halogens is 2. The minimum absolute atomic E-state index is 0.0391. The Morgan fingerprint density at radius 3 is 2.46 bits per heavy atom. The van der Waals surface area contributed by atoms with Crippen LogP contribution in [-0.2, 0) is 20.7 Å². The molecule has 3 aromatic rings. The maximum Gasteiger partial charge on any atom is 0.227 e. The smallest absolute Gasteiger partial charge is 0.227 e. The molecule has 0 bridgehead atoms. The van der Waals surface area contributed by atoms with Crippen LogP contribution in [0, 0.1) is 18.6 Å². The van der Waals surface area contributed by atoms with Gasteiger partial charge in [0.1, 0.15) is 11.6 Å². The molecule has 1 fully saturated rings. The number of hydrogen-bond donors (Lipinski definition) is 2. The number of ether oxygens (including phenoxy) is 1. The number of hydrogen-bond acceptors (Lipinski definition) is 5. The van der Waals surface area contributed by atoms with Crippen molar-refractivity contribution in [3.8, 4) is 11.4 Å². The predicted octanol–water partition coefficient (Wildman–Crippen LogP) is 3.46. The summed E-state index contributed by atoms with van der Waals surface area (Å²) in [6, 6.07) is 10.9. The third-order valence-corrected chi connectivity index (χ3v) is 5.66. The molecule has 1 aliphatic rings. The first kappa shape index (κ1) is 24.1. The average molecular weight is 482 g/mol. The molecule has 0 atom stereocenters. The molecule has 4 rings (SSSR count). The van der Waals surface area contributed by atoms with E-state index in [9.17, 15) is 18.4 Å². The van der Waals surface area contributed by atoms with Gasteiger partial charge < -0.3 is 20.3 Å². The van der Waals surface area contributed by atoms with E-state index in [2.05, 4.69) is 15.6 Å². The monoisotopic (exact) mass is 481 g/mol. The number of imidazole rings is 1.